The van der Waals surface area contributed by atoms with Crippen LogP contribution in [-0.2, 0) is 37.2 Å². The Morgan fingerprint density at radius 2 is 1.81 bits per heavy atom. The molecule has 32 heavy (non-hydrogen) atoms. The van der Waals surface area contributed by atoms with Crippen molar-refractivity contribution in [3.05, 3.63) is 29.3 Å². The monoisotopic (exact) mass is 480 g/mol. The maximum atomic E-state index is 13.2. The van der Waals surface area contributed by atoms with Crippen molar-refractivity contribution >= 4 is 33.7 Å². The van der Waals surface area contributed by atoms with E-state index in [-0.39, 0.29) is 17.8 Å². The molecule has 0 N–H and O–H groups in total. The smallest absolute Gasteiger partial charge is 0.329 e. The number of piperidine rings is 1. The van der Waals surface area contributed by atoms with Gasteiger partial charge in [-0.2, -0.15) is 16.1 Å². The van der Waals surface area contributed by atoms with E-state index in [9.17, 15) is 18.0 Å². The second-order valence-corrected chi connectivity index (χ2v) is 11.8. The number of carbonyl (C=O) groups is 2. The number of benzene rings is 1. The van der Waals surface area contributed by atoms with E-state index < -0.39 is 16.1 Å². The summed E-state index contributed by atoms with van der Waals surface area (Å²) in [5, 5.41) is 0. The first-order chi connectivity index (χ1) is 15.4. The fraction of sp³-hybridized carbons (Fsp3) is 0.652. The molecular formula is C23H32N2O5S2. The fourth-order valence-electron chi connectivity index (χ4n) is 4.90. The molecule has 2 fully saturated rings. The number of hydrogen-bond donors (Lipinski definition) is 0. The van der Waals surface area contributed by atoms with Crippen LogP contribution in [0, 0.1) is 5.92 Å². The Morgan fingerprint density at radius 1 is 1.09 bits per heavy atom. The summed E-state index contributed by atoms with van der Waals surface area (Å²) in [5.74, 6) is 0.697. The average Bonchev–Trinajstić information content (AvgIpc) is 2.83. The van der Waals surface area contributed by atoms with Crippen LogP contribution in [-0.4, -0.2) is 73.3 Å². The van der Waals surface area contributed by atoms with Crippen molar-refractivity contribution in [2.24, 2.45) is 5.92 Å². The van der Waals surface area contributed by atoms with Crippen molar-refractivity contribution in [3.63, 3.8) is 0 Å². The lowest BCUT2D eigenvalue weighted by atomic mass is 9.92. The van der Waals surface area contributed by atoms with Crippen molar-refractivity contribution < 1.29 is 22.7 Å². The molecule has 0 radical (unpaired) electrons. The van der Waals surface area contributed by atoms with Gasteiger partial charge in [-0.1, -0.05) is 6.07 Å². The first kappa shape index (κ1) is 23.6. The molecule has 7 nitrogen and oxygen atoms in total. The topological polar surface area (TPSA) is 84.0 Å². The van der Waals surface area contributed by atoms with E-state index in [1.165, 1.54) is 9.87 Å². The number of sulfonamides is 1. The second-order valence-electron chi connectivity index (χ2n) is 8.69. The summed E-state index contributed by atoms with van der Waals surface area (Å²) in [6.07, 6.45) is 5.17. The van der Waals surface area contributed by atoms with Gasteiger partial charge in [-0.05, 0) is 68.7 Å². The van der Waals surface area contributed by atoms with E-state index in [4.69, 9.17) is 4.74 Å². The fourth-order valence-corrected chi connectivity index (χ4v) is 7.45. The molecule has 9 heteroatoms. The van der Waals surface area contributed by atoms with Crippen molar-refractivity contribution in [3.8, 4) is 0 Å². The average molecular weight is 481 g/mol. The highest BCUT2D eigenvalue weighted by Crippen LogP contribution is 2.30. The van der Waals surface area contributed by atoms with Gasteiger partial charge in [0.25, 0.3) is 0 Å². The zero-order valence-electron chi connectivity index (χ0n) is 18.6. The number of rotatable bonds is 5. The molecule has 0 spiro atoms. The number of amides is 1. The van der Waals surface area contributed by atoms with Gasteiger partial charge in [0.2, 0.25) is 15.9 Å². The Balaban J connectivity index is 1.41. The number of aryl methyl sites for hydroxylation is 2. The van der Waals surface area contributed by atoms with Gasteiger partial charge < -0.3 is 9.64 Å². The second kappa shape index (κ2) is 10.1. The van der Waals surface area contributed by atoms with Crippen LogP contribution in [0.4, 0.5) is 0 Å². The largest absolute Gasteiger partial charge is 0.464 e. The standard InChI is InChI=1S/C23H32N2O5S2/c1-2-30-23(27)21-16-31-14-13-25(21)22(26)18-9-11-24(12-10-18)32(28,29)20-8-7-17-5-3-4-6-19(17)15-20/h7-8,15,18,21H,2-6,9-14,16H2,1H3/t21-/m0/s1. The summed E-state index contributed by atoms with van der Waals surface area (Å²) in [5.41, 5.74) is 2.41. The SMILES string of the molecule is CCOC(=O)[C@@H]1CSCCN1C(=O)C1CCN(S(=O)(=O)c2ccc3c(c2)CCCC3)CC1. The number of esters is 1. The van der Waals surface area contributed by atoms with Gasteiger partial charge in [0.15, 0.2) is 0 Å². The number of nitrogens with zero attached hydrogens (tertiary/aromatic N) is 2. The van der Waals surface area contributed by atoms with E-state index >= 15 is 0 Å². The van der Waals surface area contributed by atoms with Crippen LogP contribution < -0.4 is 0 Å². The van der Waals surface area contributed by atoms with Crippen molar-refractivity contribution in [1.29, 1.82) is 0 Å². The van der Waals surface area contributed by atoms with E-state index in [0.29, 0.717) is 49.7 Å². The zero-order chi connectivity index (χ0) is 22.7. The Hall–Kier alpha value is -1.58. The number of ether oxygens (including phenoxy) is 1. The summed E-state index contributed by atoms with van der Waals surface area (Å²) < 4.78 is 33.1. The van der Waals surface area contributed by atoms with Gasteiger partial charge in [0.05, 0.1) is 11.5 Å². The molecule has 4 rings (SSSR count). The third-order valence-electron chi connectivity index (χ3n) is 6.73. The van der Waals surface area contributed by atoms with E-state index in [0.717, 1.165) is 37.0 Å². The highest BCUT2D eigenvalue weighted by Gasteiger charge is 2.39. The minimum atomic E-state index is -3.57. The van der Waals surface area contributed by atoms with Gasteiger partial charge in [-0.15, -0.1) is 0 Å². The van der Waals surface area contributed by atoms with E-state index in [2.05, 4.69) is 0 Å². The molecule has 2 aliphatic heterocycles. The molecule has 1 atom stereocenters. The first-order valence-electron chi connectivity index (χ1n) is 11.6. The van der Waals surface area contributed by atoms with Crippen LogP contribution in [0.15, 0.2) is 23.1 Å². The minimum absolute atomic E-state index is 0.0471. The molecule has 176 valence electrons. The lowest BCUT2D eigenvalue weighted by Gasteiger charge is -2.38. The van der Waals surface area contributed by atoms with Crippen LogP contribution in [0.5, 0.6) is 0 Å². The van der Waals surface area contributed by atoms with Gasteiger partial charge in [0, 0.05) is 37.1 Å². The molecule has 3 aliphatic rings. The third kappa shape index (κ3) is 4.84. The zero-order valence-corrected chi connectivity index (χ0v) is 20.3. The molecule has 1 aromatic carbocycles. The molecule has 0 saturated carbocycles. The highest BCUT2D eigenvalue weighted by molar-refractivity contribution is 7.99. The molecule has 1 aliphatic carbocycles. The molecule has 2 heterocycles. The van der Waals surface area contributed by atoms with Gasteiger partial charge in [0.1, 0.15) is 6.04 Å². The summed E-state index contributed by atoms with van der Waals surface area (Å²) in [7, 11) is -3.57. The van der Waals surface area contributed by atoms with Crippen molar-refractivity contribution in [1.82, 2.24) is 9.21 Å². The first-order valence-corrected chi connectivity index (χ1v) is 14.2. The Kier molecular flexibility index (Phi) is 7.47. The number of fused-ring (bicyclic) bond motifs is 1. The number of carbonyl (C=O) groups excluding carboxylic acids is 2. The molecule has 0 bridgehead atoms. The summed E-state index contributed by atoms with van der Waals surface area (Å²) in [6.45, 7) is 3.23. The predicted octanol–water partition coefficient (Wildman–Crippen LogP) is 2.47. The van der Waals surface area contributed by atoms with E-state index in [1.54, 1.807) is 29.7 Å². The number of hydrogen-bond acceptors (Lipinski definition) is 6. The quantitative estimate of drug-likeness (QED) is 0.602. The molecule has 0 aromatic heterocycles. The van der Waals surface area contributed by atoms with Gasteiger partial charge in [-0.3, -0.25) is 4.79 Å². The predicted molar refractivity (Wildman–Crippen MR) is 124 cm³/mol. The van der Waals surface area contributed by atoms with Crippen LogP contribution in [0.25, 0.3) is 0 Å². The molecule has 0 unspecified atom stereocenters. The Bertz CT molecular complexity index is 957. The van der Waals surface area contributed by atoms with Gasteiger partial charge in [-0.25, -0.2) is 13.2 Å². The normalized spacial score (nSPS) is 22.9. The lowest BCUT2D eigenvalue weighted by Crippen LogP contribution is -2.54. The summed E-state index contributed by atoms with van der Waals surface area (Å²) in [4.78, 5) is 27.5. The number of thioether (sulfide) groups is 1. The van der Waals surface area contributed by atoms with Crippen molar-refractivity contribution in [2.45, 2.75) is 56.4 Å². The molecule has 1 amide bonds. The molecule has 1 aromatic rings. The minimum Gasteiger partial charge on any atom is -0.464 e. The van der Waals surface area contributed by atoms with Crippen LogP contribution in [0.3, 0.4) is 0 Å². The maximum absolute atomic E-state index is 13.2. The summed E-state index contributed by atoms with van der Waals surface area (Å²) in [6, 6.07) is 4.99. The van der Waals surface area contributed by atoms with Crippen LogP contribution >= 0.6 is 11.8 Å². The highest BCUT2D eigenvalue weighted by atomic mass is 32.2. The molecule has 2 saturated heterocycles. The van der Waals surface area contributed by atoms with Gasteiger partial charge >= 0.3 is 5.97 Å². The summed E-state index contributed by atoms with van der Waals surface area (Å²) >= 11 is 1.65. The maximum Gasteiger partial charge on any atom is 0.329 e. The third-order valence-corrected chi connectivity index (χ3v) is 9.65. The molecular weight excluding hydrogens is 448 g/mol. The van der Waals surface area contributed by atoms with Crippen molar-refractivity contribution in [2.75, 3.05) is 37.7 Å². The Labute approximate surface area is 194 Å². The van der Waals surface area contributed by atoms with Crippen LogP contribution in [0.2, 0.25) is 0 Å². The van der Waals surface area contributed by atoms with Crippen LogP contribution in [0.1, 0.15) is 43.7 Å². The Morgan fingerprint density at radius 3 is 2.53 bits per heavy atom. The van der Waals surface area contributed by atoms with E-state index in [1.807, 2.05) is 12.1 Å². The lowest BCUT2D eigenvalue weighted by molar-refractivity contribution is -0.155.